The molecular formula is C20H30IN5O2. The minimum absolute atomic E-state index is 0. The molecule has 3 rings (SSSR count). The third-order valence-electron chi connectivity index (χ3n) is 4.44. The average Bonchev–Trinajstić information content (AvgIpc) is 2.85. The van der Waals surface area contributed by atoms with Crippen molar-refractivity contribution in [2.75, 3.05) is 26.8 Å². The number of hydrogen-bond donors (Lipinski definition) is 2. The van der Waals surface area contributed by atoms with Crippen LogP contribution in [0, 0.1) is 13.8 Å². The van der Waals surface area contributed by atoms with Gasteiger partial charge < -0.3 is 20.1 Å². The molecule has 0 bridgehead atoms. The molecule has 0 aliphatic carbocycles. The lowest BCUT2D eigenvalue weighted by Gasteiger charge is -2.13. The van der Waals surface area contributed by atoms with Crippen LogP contribution in [0.25, 0.3) is 0 Å². The van der Waals surface area contributed by atoms with Crippen LogP contribution < -0.4 is 20.1 Å². The average molecular weight is 499 g/mol. The number of aryl methyl sites for hydroxylation is 3. The first kappa shape index (κ1) is 22.3. The van der Waals surface area contributed by atoms with Crippen LogP contribution in [0.3, 0.4) is 0 Å². The quantitative estimate of drug-likeness (QED) is 0.277. The second-order valence-electron chi connectivity index (χ2n) is 6.69. The van der Waals surface area contributed by atoms with E-state index < -0.39 is 0 Å². The van der Waals surface area contributed by atoms with Crippen LogP contribution >= 0.6 is 24.0 Å². The van der Waals surface area contributed by atoms with Crippen molar-refractivity contribution in [3.05, 3.63) is 41.2 Å². The highest BCUT2D eigenvalue weighted by atomic mass is 127. The summed E-state index contributed by atoms with van der Waals surface area (Å²) >= 11 is 0. The molecule has 154 valence electrons. The van der Waals surface area contributed by atoms with Crippen molar-refractivity contribution in [3.8, 4) is 11.5 Å². The first-order valence-corrected chi connectivity index (χ1v) is 9.50. The summed E-state index contributed by atoms with van der Waals surface area (Å²) in [6, 6.07) is 8.16. The summed E-state index contributed by atoms with van der Waals surface area (Å²) in [7, 11) is 1.78. The molecular weight excluding hydrogens is 469 g/mol. The van der Waals surface area contributed by atoms with Crippen LogP contribution in [0.5, 0.6) is 11.5 Å². The second-order valence-corrected chi connectivity index (χ2v) is 6.69. The molecule has 0 saturated heterocycles. The Bertz CT molecular complexity index is 791. The Hall–Kier alpha value is -1.97. The van der Waals surface area contributed by atoms with Crippen molar-refractivity contribution in [3.63, 3.8) is 0 Å². The summed E-state index contributed by atoms with van der Waals surface area (Å²) in [5.74, 6) is 2.43. The van der Waals surface area contributed by atoms with Crippen LogP contribution in [0.4, 0.5) is 0 Å². The maximum absolute atomic E-state index is 5.75. The highest BCUT2D eigenvalue weighted by Gasteiger charge is 2.10. The van der Waals surface area contributed by atoms with Crippen LogP contribution in [-0.4, -0.2) is 42.5 Å². The summed E-state index contributed by atoms with van der Waals surface area (Å²) in [6.07, 6.45) is 1.89. The highest BCUT2D eigenvalue weighted by Crippen LogP contribution is 2.30. The molecule has 7 nitrogen and oxygen atoms in total. The number of hydrogen-bond acceptors (Lipinski definition) is 4. The Balaban J connectivity index is 0.00000280. The van der Waals surface area contributed by atoms with E-state index in [1.54, 1.807) is 7.05 Å². The van der Waals surface area contributed by atoms with E-state index in [4.69, 9.17) is 9.47 Å². The van der Waals surface area contributed by atoms with Gasteiger partial charge in [0.1, 0.15) is 0 Å². The van der Waals surface area contributed by atoms with Crippen LogP contribution in [0.2, 0.25) is 0 Å². The van der Waals surface area contributed by atoms with E-state index in [1.165, 1.54) is 5.69 Å². The minimum atomic E-state index is 0. The molecule has 2 aromatic rings. The number of aliphatic imine (C=N–C) groups is 1. The van der Waals surface area contributed by atoms with E-state index in [1.807, 2.05) is 23.7 Å². The number of aromatic nitrogens is 2. The van der Waals surface area contributed by atoms with E-state index in [0.717, 1.165) is 54.6 Å². The van der Waals surface area contributed by atoms with Gasteiger partial charge in [0.05, 0.1) is 18.9 Å². The third-order valence-corrected chi connectivity index (χ3v) is 4.44. The molecule has 28 heavy (non-hydrogen) atoms. The fourth-order valence-electron chi connectivity index (χ4n) is 3.06. The summed E-state index contributed by atoms with van der Waals surface area (Å²) in [6.45, 7) is 7.91. The lowest BCUT2D eigenvalue weighted by atomic mass is 10.2. The zero-order valence-corrected chi connectivity index (χ0v) is 19.2. The van der Waals surface area contributed by atoms with Gasteiger partial charge in [0, 0.05) is 38.8 Å². The molecule has 0 fully saturated rings. The Morgan fingerprint density at radius 2 is 1.93 bits per heavy atom. The summed E-state index contributed by atoms with van der Waals surface area (Å²) in [5, 5.41) is 11.2. The van der Waals surface area contributed by atoms with E-state index in [0.29, 0.717) is 19.8 Å². The number of fused-ring (bicyclic) bond motifs is 1. The zero-order valence-electron chi connectivity index (χ0n) is 16.8. The Labute approximate surface area is 183 Å². The molecule has 1 aliphatic heterocycles. The van der Waals surface area contributed by atoms with Gasteiger partial charge in [0.15, 0.2) is 17.5 Å². The summed E-state index contributed by atoms with van der Waals surface area (Å²) < 4.78 is 13.5. The predicted molar refractivity (Wildman–Crippen MR) is 122 cm³/mol. The Morgan fingerprint density at radius 3 is 2.64 bits per heavy atom. The van der Waals surface area contributed by atoms with Crippen molar-refractivity contribution in [1.29, 1.82) is 0 Å². The first-order chi connectivity index (χ1) is 13.2. The largest absolute Gasteiger partial charge is 0.490 e. The molecule has 0 amide bonds. The third kappa shape index (κ3) is 6.29. The van der Waals surface area contributed by atoms with E-state index >= 15 is 0 Å². The van der Waals surface area contributed by atoms with Gasteiger partial charge in [-0.15, -0.1) is 24.0 Å². The monoisotopic (exact) mass is 499 g/mol. The Kier molecular flexibility index (Phi) is 8.88. The fourth-order valence-corrected chi connectivity index (χ4v) is 3.06. The molecule has 2 heterocycles. The molecule has 8 heteroatoms. The Morgan fingerprint density at radius 1 is 1.14 bits per heavy atom. The minimum Gasteiger partial charge on any atom is -0.490 e. The molecule has 0 unspecified atom stereocenters. The number of benzene rings is 1. The van der Waals surface area contributed by atoms with Crippen molar-refractivity contribution < 1.29 is 9.47 Å². The van der Waals surface area contributed by atoms with Crippen LogP contribution in [-0.2, 0) is 13.1 Å². The molecule has 0 radical (unpaired) electrons. The van der Waals surface area contributed by atoms with Gasteiger partial charge in [-0.3, -0.25) is 9.67 Å². The normalized spacial score (nSPS) is 13.5. The van der Waals surface area contributed by atoms with Crippen LogP contribution in [0.15, 0.2) is 29.3 Å². The molecule has 1 aromatic heterocycles. The predicted octanol–water partition coefficient (Wildman–Crippen LogP) is 3.03. The van der Waals surface area contributed by atoms with E-state index in [9.17, 15) is 0 Å². The maximum Gasteiger partial charge on any atom is 0.191 e. The van der Waals surface area contributed by atoms with Gasteiger partial charge in [-0.2, -0.15) is 5.10 Å². The lowest BCUT2D eigenvalue weighted by Crippen LogP contribution is -2.37. The zero-order chi connectivity index (χ0) is 19.1. The topological polar surface area (TPSA) is 72.7 Å². The lowest BCUT2D eigenvalue weighted by molar-refractivity contribution is 0.297. The maximum atomic E-state index is 5.75. The molecule has 0 atom stereocenters. The highest BCUT2D eigenvalue weighted by molar-refractivity contribution is 14.0. The van der Waals surface area contributed by atoms with Gasteiger partial charge in [0.2, 0.25) is 0 Å². The molecule has 1 aromatic carbocycles. The summed E-state index contributed by atoms with van der Waals surface area (Å²) in [4.78, 5) is 4.29. The van der Waals surface area contributed by atoms with E-state index in [-0.39, 0.29) is 24.0 Å². The van der Waals surface area contributed by atoms with Crippen LogP contribution in [0.1, 0.15) is 29.8 Å². The molecule has 2 N–H and O–H groups in total. The summed E-state index contributed by atoms with van der Waals surface area (Å²) in [5.41, 5.74) is 3.39. The fraction of sp³-hybridized carbons (Fsp3) is 0.500. The number of rotatable bonds is 6. The molecule has 0 spiro atoms. The van der Waals surface area contributed by atoms with Gasteiger partial charge in [-0.25, -0.2) is 0 Å². The van der Waals surface area contributed by atoms with Gasteiger partial charge in [-0.1, -0.05) is 6.07 Å². The van der Waals surface area contributed by atoms with Crippen molar-refractivity contribution in [2.45, 2.75) is 39.8 Å². The SMILES string of the molecule is CN=C(NCCCn1nc(C)cc1C)NCc1ccc2c(c1)OCCCO2.I. The van der Waals surface area contributed by atoms with Crippen molar-refractivity contribution >= 4 is 29.9 Å². The van der Waals surface area contributed by atoms with Gasteiger partial charge >= 0.3 is 0 Å². The molecule has 1 aliphatic rings. The number of ether oxygens (including phenoxy) is 2. The van der Waals surface area contributed by atoms with Gasteiger partial charge in [0.25, 0.3) is 0 Å². The number of guanidine groups is 1. The molecule has 0 saturated carbocycles. The second kappa shape index (κ2) is 11.1. The van der Waals surface area contributed by atoms with Crippen molar-refractivity contribution in [1.82, 2.24) is 20.4 Å². The first-order valence-electron chi connectivity index (χ1n) is 9.50. The standard InChI is InChI=1S/C20H29N5O2.HI/c1-15-12-16(2)25(24-15)9-4-8-22-20(21-3)23-14-17-6-7-18-19(13-17)27-11-5-10-26-18;/h6-7,12-13H,4-5,8-11,14H2,1-3H3,(H2,21,22,23);1H. The number of halogens is 1. The number of nitrogens with one attached hydrogen (secondary N) is 2. The van der Waals surface area contributed by atoms with E-state index in [2.05, 4.69) is 39.8 Å². The number of nitrogens with zero attached hydrogens (tertiary/aromatic N) is 3. The smallest absolute Gasteiger partial charge is 0.191 e. The van der Waals surface area contributed by atoms with Crippen molar-refractivity contribution in [2.24, 2.45) is 4.99 Å². The van der Waals surface area contributed by atoms with Gasteiger partial charge in [-0.05, 0) is 44.0 Å².